The Bertz CT molecular complexity index is 408. The first-order chi connectivity index (χ1) is 7.42. The molecule has 1 rings (SSSR count). The molecule has 0 fully saturated rings. The minimum absolute atomic E-state index is 0.332. The lowest BCUT2D eigenvalue weighted by atomic mass is 10.1. The van der Waals surface area contributed by atoms with Gasteiger partial charge < -0.3 is 9.26 Å². The number of methoxy groups -OCH3 is 1. The van der Waals surface area contributed by atoms with Gasteiger partial charge in [0.25, 0.3) is 7.52 Å². The van der Waals surface area contributed by atoms with E-state index in [1.165, 1.54) is 0 Å². The van der Waals surface area contributed by atoms with Gasteiger partial charge in [0.2, 0.25) is 0 Å². The molecule has 0 radical (unpaired) electrons. The highest BCUT2D eigenvalue weighted by molar-refractivity contribution is 7.64. The molecule has 0 aromatic heterocycles. The summed E-state index contributed by atoms with van der Waals surface area (Å²) in [5, 5.41) is 0.593. The van der Waals surface area contributed by atoms with E-state index in [4.69, 9.17) is 14.8 Å². The second-order valence-corrected chi connectivity index (χ2v) is 5.52. The van der Waals surface area contributed by atoms with Crippen LogP contribution in [-0.4, -0.2) is 13.7 Å². The maximum atomic E-state index is 12.2. The van der Waals surface area contributed by atoms with Crippen molar-refractivity contribution in [3.63, 3.8) is 0 Å². The van der Waals surface area contributed by atoms with Gasteiger partial charge in [0, 0.05) is 0 Å². The summed E-state index contributed by atoms with van der Waals surface area (Å²) in [7, 11) is -1.61. The first-order valence-electron chi connectivity index (χ1n) is 5.11. The van der Waals surface area contributed by atoms with Crippen molar-refractivity contribution in [2.75, 3.05) is 13.7 Å². The Balaban J connectivity index is 3.29. The largest absolute Gasteiger partial charge is 0.497 e. The van der Waals surface area contributed by atoms with Gasteiger partial charge >= 0.3 is 0 Å². The van der Waals surface area contributed by atoms with Crippen molar-refractivity contribution in [1.82, 2.24) is 0 Å². The summed E-state index contributed by atoms with van der Waals surface area (Å²) in [6.45, 7) is 5.80. The average molecular weight is 243 g/mol. The van der Waals surface area contributed by atoms with Crippen molar-refractivity contribution in [3.8, 4) is 5.75 Å². The molecule has 2 N–H and O–H groups in total. The molecule has 0 aliphatic heterocycles. The third-order valence-electron chi connectivity index (χ3n) is 2.33. The number of ether oxygens (including phenoxy) is 1. The van der Waals surface area contributed by atoms with Gasteiger partial charge in [0.05, 0.1) is 19.0 Å². The molecule has 1 atom stereocenters. The first-order valence-corrected chi connectivity index (χ1v) is 6.80. The van der Waals surface area contributed by atoms with Gasteiger partial charge in [-0.2, -0.15) is 0 Å². The van der Waals surface area contributed by atoms with Crippen molar-refractivity contribution in [1.29, 1.82) is 0 Å². The molecule has 1 aromatic carbocycles. The topological polar surface area (TPSA) is 61.5 Å². The highest BCUT2D eigenvalue weighted by Gasteiger charge is 2.24. The Morgan fingerprint density at radius 1 is 1.31 bits per heavy atom. The summed E-state index contributed by atoms with van der Waals surface area (Å²) in [6.07, 6.45) is 0. The fourth-order valence-corrected chi connectivity index (χ4v) is 3.41. The zero-order valence-corrected chi connectivity index (χ0v) is 11.0. The second kappa shape index (κ2) is 5.00. The Hall–Kier alpha value is -0.830. The van der Waals surface area contributed by atoms with Gasteiger partial charge in [0.1, 0.15) is 5.75 Å². The number of hydrogen-bond acceptors (Lipinski definition) is 3. The van der Waals surface area contributed by atoms with Crippen LogP contribution in [0, 0.1) is 13.8 Å². The fraction of sp³-hybridized carbons (Fsp3) is 0.455. The Kier molecular flexibility index (Phi) is 4.14. The van der Waals surface area contributed by atoms with E-state index in [9.17, 15) is 4.57 Å². The van der Waals surface area contributed by atoms with E-state index in [0.717, 1.165) is 16.9 Å². The lowest BCUT2D eigenvalue weighted by Gasteiger charge is -2.18. The number of aryl methyl sites for hydroxylation is 2. The summed E-state index contributed by atoms with van der Waals surface area (Å²) in [6, 6.07) is 3.61. The molecule has 90 valence electrons. The molecule has 0 unspecified atom stereocenters. The molecule has 0 saturated carbocycles. The zero-order valence-electron chi connectivity index (χ0n) is 10.1. The molecule has 0 saturated heterocycles. The third kappa shape index (κ3) is 2.64. The van der Waals surface area contributed by atoms with Gasteiger partial charge in [0.15, 0.2) is 0 Å². The van der Waals surface area contributed by atoms with Crippen LogP contribution in [0.5, 0.6) is 5.75 Å². The van der Waals surface area contributed by atoms with Gasteiger partial charge in [-0.05, 0) is 44.0 Å². The summed E-state index contributed by atoms with van der Waals surface area (Å²) < 4.78 is 22.4. The third-order valence-corrected chi connectivity index (χ3v) is 4.30. The Morgan fingerprint density at radius 3 is 2.19 bits per heavy atom. The summed E-state index contributed by atoms with van der Waals surface area (Å²) >= 11 is 0. The summed E-state index contributed by atoms with van der Waals surface area (Å²) in [4.78, 5) is 0. The van der Waals surface area contributed by atoms with Crippen LogP contribution in [0.3, 0.4) is 0 Å². The summed E-state index contributed by atoms with van der Waals surface area (Å²) in [5.41, 5.74) is 7.39. The lowest BCUT2D eigenvalue weighted by molar-refractivity contribution is 0.341. The molecule has 0 aliphatic carbocycles. The van der Waals surface area contributed by atoms with E-state index in [0.29, 0.717) is 11.9 Å². The van der Waals surface area contributed by atoms with Crippen molar-refractivity contribution < 1.29 is 13.8 Å². The number of hydrogen-bond donors (Lipinski definition) is 1. The molecule has 4 nitrogen and oxygen atoms in total. The average Bonchev–Trinajstić information content (AvgIpc) is 2.15. The van der Waals surface area contributed by atoms with Crippen LogP contribution in [0.4, 0.5) is 0 Å². The molecule has 0 spiro atoms. The molecule has 1 aromatic rings. The molecule has 0 aliphatic rings. The van der Waals surface area contributed by atoms with E-state index < -0.39 is 7.52 Å². The van der Waals surface area contributed by atoms with E-state index in [1.807, 2.05) is 13.8 Å². The fourth-order valence-electron chi connectivity index (χ4n) is 1.78. The van der Waals surface area contributed by atoms with E-state index >= 15 is 0 Å². The van der Waals surface area contributed by atoms with Crippen molar-refractivity contribution in [2.24, 2.45) is 5.50 Å². The monoisotopic (exact) mass is 243 g/mol. The van der Waals surface area contributed by atoms with Crippen molar-refractivity contribution in [3.05, 3.63) is 23.3 Å². The van der Waals surface area contributed by atoms with E-state index in [2.05, 4.69) is 0 Å². The molecular weight excluding hydrogens is 225 g/mol. The highest BCUT2D eigenvalue weighted by Crippen LogP contribution is 2.39. The van der Waals surface area contributed by atoms with Crippen LogP contribution in [0.1, 0.15) is 18.1 Å². The lowest BCUT2D eigenvalue weighted by Crippen LogP contribution is -2.20. The van der Waals surface area contributed by atoms with Crippen LogP contribution in [0.15, 0.2) is 12.1 Å². The normalized spacial score (nSPS) is 14.6. The SMILES string of the molecule is CCO[P@@](N)(=O)c1c(C)cc(OC)cc1C. The maximum absolute atomic E-state index is 12.2. The molecular formula is C11H18NO3P. The number of nitrogens with two attached hydrogens (primary N) is 1. The van der Waals surface area contributed by atoms with Gasteiger partial charge in [-0.1, -0.05) is 0 Å². The Labute approximate surface area is 96.3 Å². The number of rotatable bonds is 4. The molecule has 16 heavy (non-hydrogen) atoms. The smallest absolute Gasteiger partial charge is 0.297 e. The van der Waals surface area contributed by atoms with Crippen LogP contribution in [-0.2, 0) is 9.09 Å². The predicted octanol–water partition coefficient (Wildman–Crippen LogP) is 2.13. The van der Waals surface area contributed by atoms with Gasteiger partial charge in [-0.25, -0.2) is 0 Å². The molecule has 0 amide bonds. The molecule has 0 bridgehead atoms. The van der Waals surface area contributed by atoms with Crippen LogP contribution in [0.25, 0.3) is 0 Å². The predicted molar refractivity (Wildman–Crippen MR) is 65.5 cm³/mol. The quantitative estimate of drug-likeness (QED) is 0.823. The van der Waals surface area contributed by atoms with Crippen LogP contribution >= 0.6 is 7.52 Å². The van der Waals surface area contributed by atoms with Gasteiger partial charge in [-0.3, -0.25) is 10.1 Å². The first kappa shape index (κ1) is 13.2. The van der Waals surface area contributed by atoms with Crippen LogP contribution < -0.4 is 15.5 Å². The Morgan fingerprint density at radius 2 is 1.81 bits per heavy atom. The number of benzene rings is 1. The molecule has 5 heteroatoms. The minimum atomic E-state index is -3.21. The van der Waals surface area contributed by atoms with E-state index in [-0.39, 0.29) is 0 Å². The maximum Gasteiger partial charge on any atom is 0.297 e. The minimum Gasteiger partial charge on any atom is -0.497 e. The van der Waals surface area contributed by atoms with Crippen LogP contribution in [0.2, 0.25) is 0 Å². The zero-order chi connectivity index (χ0) is 12.3. The standard InChI is InChI=1S/C11H18NO3P/c1-5-15-16(12,13)11-8(2)6-10(14-4)7-9(11)3/h6-7H,5H2,1-4H3,(H2,12,13)/t16-/m0/s1. The summed E-state index contributed by atoms with van der Waals surface area (Å²) in [5.74, 6) is 0.732. The van der Waals surface area contributed by atoms with Crippen molar-refractivity contribution in [2.45, 2.75) is 20.8 Å². The van der Waals surface area contributed by atoms with Crippen molar-refractivity contribution >= 4 is 12.8 Å². The highest BCUT2D eigenvalue weighted by atomic mass is 31.2. The second-order valence-electron chi connectivity index (χ2n) is 3.62. The molecule has 0 heterocycles. The van der Waals surface area contributed by atoms with Gasteiger partial charge in [-0.15, -0.1) is 0 Å². The van der Waals surface area contributed by atoms with E-state index in [1.54, 1.807) is 26.2 Å².